The molecule has 0 radical (unpaired) electrons. The van der Waals surface area contributed by atoms with E-state index in [1.54, 1.807) is 25.4 Å². The number of piperidine rings is 2. The lowest BCUT2D eigenvalue weighted by molar-refractivity contribution is -0.134. The second-order valence-corrected chi connectivity index (χ2v) is 19.0. The lowest BCUT2D eigenvalue weighted by Gasteiger charge is -2.49. The fourth-order valence-corrected chi connectivity index (χ4v) is 10.3. The summed E-state index contributed by atoms with van der Waals surface area (Å²) in [6.45, 7) is 8.75. The van der Waals surface area contributed by atoms with Gasteiger partial charge in [-0.3, -0.25) is 29.3 Å². The largest absolute Gasteiger partial charge is 0.480 e. The number of ether oxygens (including phenoxy) is 1. The number of carbonyl (C=O) groups is 2. The number of carbonyl (C=O) groups excluding carboxylic acids is 2. The first kappa shape index (κ1) is 41.5. The molecule has 18 heteroatoms. The number of para-hydroxylation sites is 1. The number of piperazine rings is 1. The molecule has 2 atom stereocenters. The van der Waals surface area contributed by atoms with Gasteiger partial charge >= 0.3 is 5.92 Å². The third-order valence-electron chi connectivity index (χ3n) is 13.8. The molecule has 5 aliphatic rings. The highest BCUT2D eigenvalue weighted by molar-refractivity contribution is 6.33. The number of hydrogen-bond donors (Lipinski definition) is 3. The van der Waals surface area contributed by atoms with E-state index in [0.29, 0.717) is 71.5 Å². The molecule has 2 aromatic carbocycles. The monoisotopic (exact) mass is 883 g/mol. The minimum atomic E-state index is -3.14. The molecule has 332 valence electrons. The van der Waals surface area contributed by atoms with E-state index in [-0.39, 0.29) is 34.7 Å². The van der Waals surface area contributed by atoms with Gasteiger partial charge in [-0.15, -0.1) is 0 Å². The van der Waals surface area contributed by atoms with Crippen LogP contribution in [0.5, 0.6) is 5.75 Å². The van der Waals surface area contributed by atoms with E-state index in [4.69, 9.17) is 26.4 Å². The van der Waals surface area contributed by atoms with Crippen molar-refractivity contribution in [1.82, 2.24) is 34.5 Å². The maximum Gasteiger partial charge on any atom is 0.301 e. The average molecular weight is 884 g/mol. The van der Waals surface area contributed by atoms with Crippen molar-refractivity contribution in [1.29, 1.82) is 0 Å². The summed E-state index contributed by atoms with van der Waals surface area (Å²) in [5.41, 5.74) is 3.67. The van der Waals surface area contributed by atoms with Crippen molar-refractivity contribution in [3.63, 3.8) is 0 Å². The SMILES string of the molecule is Cn1nc(C2CCC(=O)NC2=O)c2cccc(N3CCC(CN4CCN(c5ncc(Cl)c(Nc6ccc7c(c6)c6c(c(=O)n7C)OCC(F)(F)C(C7CC7)N6)n5)CC4(C)C)CC3)c21. The zero-order valence-corrected chi connectivity index (χ0v) is 36.6. The third-order valence-corrected chi connectivity index (χ3v) is 14.1. The number of anilines is 5. The van der Waals surface area contributed by atoms with Crippen molar-refractivity contribution < 1.29 is 23.1 Å². The normalized spacial score (nSPS) is 23.0. The fraction of sp³-hybridized carbons (Fsp3) is 0.511. The van der Waals surface area contributed by atoms with E-state index in [1.165, 1.54) is 4.57 Å². The van der Waals surface area contributed by atoms with Crippen LogP contribution in [-0.2, 0) is 23.7 Å². The zero-order chi connectivity index (χ0) is 43.9. The van der Waals surface area contributed by atoms with Crippen LogP contribution in [0, 0.1) is 11.8 Å². The highest BCUT2D eigenvalue weighted by Gasteiger charge is 2.51. The summed E-state index contributed by atoms with van der Waals surface area (Å²) in [6, 6.07) is 10.5. The molecular formula is C45H52ClF2N11O4. The van der Waals surface area contributed by atoms with Gasteiger partial charge in [0.15, 0.2) is 12.4 Å². The van der Waals surface area contributed by atoms with Crippen LogP contribution in [0.4, 0.5) is 37.6 Å². The fourth-order valence-electron chi connectivity index (χ4n) is 10.2. The van der Waals surface area contributed by atoms with Gasteiger partial charge in [0.2, 0.25) is 23.5 Å². The van der Waals surface area contributed by atoms with Gasteiger partial charge in [-0.1, -0.05) is 23.7 Å². The summed E-state index contributed by atoms with van der Waals surface area (Å²) in [7, 11) is 3.53. The summed E-state index contributed by atoms with van der Waals surface area (Å²) in [6.07, 6.45) is 5.86. The molecular weight excluding hydrogens is 832 g/mol. The number of nitrogens with one attached hydrogen (secondary N) is 3. The number of pyridine rings is 1. The quantitative estimate of drug-likeness (QED) is 0.153. The molecule has 10 rings (SSSR count). The van der Waals surface area contributed by atoms with Crippen molar-refractivity contribution in [3.8, 4) is 5.75 Å². The van der Waals surface area contributed by atoms with Gasteiger partial charge in [-0.25, -0.2) is 13.8 Å². The first-order chi connectivity index (χ1) is 30.1. The minimum absolute atomic E-state index is 0.110. The maximum atomic E-state index is 15.2. The number of nitrogens with zero attached hydrogens (tertiary/aromatic N) is 8. The maximum absolute atomic E-state index is 15.2. The summed E-state index contributed by atoms with van der Waals surface area (Å²) < 4.78 is 39.3. The molecule has 5 aromatic rings. The van der Waals surface area contributed by atoms with Crippen molar-refractivity contribution in [2.24, 2.45) is 25.9 Å². The third kappa shape index (κ3) is 7.59. The standard InChI is InChI=1S/C45H52ClF2N11O4/c1-44(2)23-58(18-19-59(44)22-25-14-16-57(17-15-25)33-7-5-6-28-35(54-56(4)37(28)33)29-11-13-34(60)51-41(29)61)43-49-21-31(46)40(53-43)50-27-10-12-32-30(20-27)36-38(42(62)55(32)3)63-24-45(47,48)39(52-36)26-8-9-26/h5-7,10,12,20-21,25-26,29,39,52H,8-9,11,13-19,22-24H2,1-4H3,(H,49,50,53)(H,51,60,61). The molecule has 1 saturated carbocycles. The number of rotatable bonds is 8. The second kappa shape index (κ2) is 15.6. The van der Waals surface area contributed by atoms with E-state index < -0.39 is 30.0 Å². The molecule has 3 N–H and O–H groups in total. The summed E-state index contributed by atoms with van der Waals surface area (Å²) in [5, 5.41) is 15.5. The number of benzene rings is 2. The molecule has 0 bridgehead atoms. The molecule has 7 heterocycles. The summed E-state index contributed by atoms with van der Waals surface area (Å²) in [5.74, 6) is -2.90. The first-order valence-electron chi connectivity index (χ1n) is 21.9. The van der Waals surface area contributed by atoms with Crippen LogP contribution in [0.15, 0.2) is 47.4 Å². The highest BCUT2D eigenvalue weighted by Crippen LogP contribution is 2.46. The molecule has 0 spiro atoms. The lowest BCUT2D eigenvalue weighted by atomic mass is 9.91. The molecule has 2 unspecified atom stereocenters. The average Bonchev–Trinajstić information content (AvgIpc) is 4.06. The molecule has 1 aliphatic carbocycles. The van der Waals surface area contributed by atoms with Gasteiger partial charge < -0.3 is 29.7 Å². The summed E-state index contributed by atoms with van der Waals surface area (Å²) >= 11 is 6.69. The van der Waals surface area contributed by atoms with Crippen molar-refractivity contribution >= 4 is 74.0 Å². The zero-order valence-electron chi connectivity index (χ0n) is 35.9. The molecule has 4 aliphatic heterocycles. The van der Waals surface area contributed by atoms with E-state index >= 15 is 8.78 Å². The molecule has 3 aromatic heterocycles. The van der Waals surface area contributed by atoms with Crippen LogP contribution >= 0.6 is 11.6 Å². The second-order valence-electron chi connectivity index (χ2n) is 18.6. The van der Waals surface area contributed by atoms with Crippen LogP contribution in [0.3, 0.4) is 0 Å². The Balaban J connectivity index is 0.805. The Bertz CT molecular complexity index is 2710. The number of halogens is 3. The molecule has 2 amide bonds. The topological polar surface area (TPSA) is 155 Å². The number of fused-ring (bicyclic) bond motifs is 4. The number of alkyl halides is 2. The lowest BCUT2D eigenvalue weighted by Crippen LogP contribution is -2.61. The molecule has 3 saturated heterocycles. The first-order valence-corrected chi connectivity index (χ1v) is 22.3. The van der Waals surface area contributed by atoms with Crippen LogP contribution < -0.4 is 36.0 Å². The van der Waals surface area contributed by atoms with Crippen LogP contribution in [0.25, 0.3) is 21.8 Å². The van der Waals surface area contributed by atoms with Crippen LogP contribution in [-0.4, -0.2) is 104 Å². The van der Waals surface area contributed by atoms with Gasteiger partial charge in [0.1, 0.15) is 5.02 Å². The van der Waals surface area contributed by atoms with Crippen LogP contribution in [0.1, 0.15) is 64.0 Å². The van der Waals surface area contributed by atoms with Gasteiger partial charge in [0.05, 0.1) is 46.3 Å². The predicted molar refractivity (Wildman–Crippen MR) is 239 cm³/mol. The Labute approximate surface area is 368 Å². The van der Waals surface area contributed by atoms with Gasteiger partial charge in [0, 0.05) is 81.8 Å². The van der Waals surface area contributed by atoms with E-state index in [9.17, 15) is 14.4 Å². The van der Waals surface area contributed by atoms with Crippen molar-refractivity contribution in [2.75, 3.05) is 66.3 Å². The van der Waals surface area contributed by atoms with Crippen molar-refractivity contribution in [3.05, 3.63) is 63.7 Å². The smallest absolute Gasteiger partial charge is 0.301 e. The number of imide groups is 1. The number of aryl methyl sites for hydroxylation is 2. The number of hydrogen-bond acceptors (Lipinski definition) is 12. The van der Waals surface area contributed by atoms with E-state index in [0.717, 1.165) is 67.8 Å². The molecule has 63 heavy (non-hydrogen) atoms. The van der Waals surface area contributed by atoms with E-state index in [1.807, 2.05) is 29.9 Å². The van der Waals surface area contributed by atoms with Gasteiger partial charge in [-0.05, 0) is 82.1 Å². The Morgan fingerprint density at radius 3 is 2.51 bits per heavy atom. The number of amides is 2. The van der Waals surface area contributed by atoms with Crippen molar-refractivity contribution in [2.45, 2.75) is 75.8 Å². The minimum Gasteiger partial charge on any atom is -0.480 e. The van der Waals surface area contributed by atoms with Gasteiger partial charge in [-0.2, -0.15) is 10.1 Å². The Hall–Kier alpha value is -5.55. The summed E-state index contributed by atoms with van der Waals surface area (Å²) in [4.78, 5) is 54.6. The molecule has 15 nitrogen and oxygen atoms in total. The van der Waals surface area contributed by atoms with E-state index in [2.05, 4.69) is 55.5 Å². The van der Waals surface area contributed by atoms with Crippen LogP contribution in [0.2, 0.25) is 5.02 Å². The predicted octanol–water partition coefficient (Wildman–Crippen LogP) is 6.17. The Morgan fingerprint density at radius 1 is 0.968 bits per heavy atom. The molecule has 4 fully saturated rings. The number of aromatic nitrogens is 5. The van der Waals surface area contributed by atoms with Gasteiger partial charge in [0.25, 0.3) is 5.56 Å². The Kier molecular flexibility index (Phi) is 10.3. The Morgan fingerprint density at radius 2 is 1.76 bits per heavy atom. The highest BCUT2D eigenvalue weighted by atomic mass is 35.5.